The van der Waals surface area contributed by atoms with Gasteiger partial charge in [0, 0.05) is 0 Å². The zero-order valence-electron chi connectivity index (χ0n) is 15.6. The van der Waals surface area contributed by atoms with Crippen molar-refractivity contribution in [3.63, 3.8) is 0 Å². The van der Waals surface area contributed by atoms with Crippen molar-refractivity contribution in [2.45, 2.75) is 26.9 Å². The molecular formula is C18H21ClLiO3P. The summed E-state index contributed by atoms with van der Waals surface area (Å²) in [5.41, 5.74) is 1.44. The number of rotatable bonds is 6. The molecule has 0 amide bonds. The fourth-order valence-corrected chi connectivity index (χ4v) is 3.60. The Morgan fingerprint density at radius 2 is 1.96 bits per heavy atom. The van der Waals surface area contributed by atoms with Gasteiger partial charge in [0.05, 0.1) is 23.8 Å². The molecule has 0 heterocycles. The molecule has 0 aliphatic carbocycles. The molecule has 0 saturated heterocycles. The quantitative estimate of drug-likeness (QED) is 0.582. The predicted octanol–water partition coefficient (Wildman–Crippen LogP) is 1.70. The SMILES string of the molecule is COc1cccc(Cl)c1C(=O)Pc1ccc(OC(C)C)cc1C.[H-].[Li+]. The average molecular weight is 359 g/mol. The van der Waals surface area contributed by atoms with E-state index in [2.05, 4.69) is 0 Å². The molecule has 0 spiro atoms. The summed E-state index contributed by atoms with van der Waals surface area (Å²) in [4.78, 5) is 12.6. The van der Waals surface area contributed by atoms with Gasteiger partial charge in [0.1, 0.15) is 11.5 Å². The number of methoxy groups -OCH3 is 1. The molecule has 1 unspecified atom stereocenters. The van der Waals surface area contributed by atoms with Crippen molar-refractivity contribution in [3.8, 4) is 11.5 Å². The summed E-state index contributed by atoms with van der Waals surface area (Å²) in [6, 6.07) is 11.0. The number of hydrogen-bond acceptors (Lipinski definition) is 3. The Morgan fingerprint density at radius 1 is 1.25 bits per heavy atom. The standard InChI is InChI=1S/C18H20ClO3P.Li.H/c1-11(2)22-13-8-9-16(12(3)10-13)23-18(20)17-14(19)6-5-7-15(17)21-4;;/h5-11,23H,1-4H3;;/q;+1;-1. The van der Waals surface area contributed by atoms with Crippen LogP contribution in [0.1, 0.15) is 31.2 Å². The third-order valence-electron chi connectivity index (χ3n) is 3.24. The third-order valence-corrected chi connectivity index (χ3v) is 4.86. The van der Waals surface area contributed by atoms with Gasteiger partial charge in [-0.1, -0.05) is 23.7 Å². The van der Waals surface area contributed by atoms with Crippen molar-refractivity contribution in [1.29, 1.82) is 0 Å². The Hall–Kier alpha value is -0.973. The van der Waals surface area contributed by atoms with Gasteiger partial charge < -0.3 is 10.9 Å². The van der Waals surface area contributed by atoms with Crippen LogP contribution < -0.4 is 33.6 Å². The molecule has 1 atom stereocenters. The molecule has 2 rings (SSSR count). The molecule has 3 nitrogen and oxygen atoms in total. The number of carbonyl (C=O) groups excluding carboxylic acids is 1. The second-order valence-corrected chi connectivity index (χ2v) is 7.06. The molecule has 6 heteroatoms. The van der Waals surface area contributed by atoms with Crippen LogP contribution in [0.25, 0.3) is 0 Å². The molecule has 0 fully saturated rings. The van der Waals surface area contributed by atoms with E-state index in [-0.39, 0.29) is 40.5 Å². The van der Waals surface area contributed by atoms with E-state index in [1.807, 2.05) is 39.0 Å². The average Bonchev–Trinajstić information content (AvgIpc) is 2.48. The zero-order valence-corrected chi connectivity index (χ0v) is 16.4. The molecule has 0 bridgehead atoms. The summed E-state index contributed by atoms with van der Waals surface area (Å²) >= 11 is 6.18. The first-order valence-corrected chi connectivity index (χ1v) is 8.71. The molecule has 0 N–H and O–H groups in total. The minimum atomic E-state index is -0.0342. The normalized spacial score (nSPS) is 10.8. The smallest absolute Gasteiger partial charge is 1.00 e. The Balaban J connectivity index is 0.00000288. The molecule has 0 aromatic heterocycles. The van der Waals surface area contributed by atoms with Crippen molar-refractivity contribution in [2.24, 2.45) is 0 Å². The number of hydrogen-bond donors (Lipinski definition) is 0. The van der Waals surface area contributed by atoms with E-state index in [4.69, 9.17) is 21.1 Å². The second kappa shape index (κ2) is 9.49. The minimum absolute atomic E-state index is 0. The fourth-order valence-electron chi connectivity index (χ4n) is 2.20. The van der Waals surface area contributed by atoms with Crippen LogP contribution in [0.3, 0.4) is 0 Å². The first kappa shape index (κ1) is 21.1. The summed E-state index contributed by atoms with van der Waals surface area (Å²) in [7, 11) is 1.52. The van der Waals surface area contributed by atoms with E-state index >= 15 is 0 Å². The van der Waals surface area contributed by atoms with Gasteiger partial charge in [-0.25, -0.2) is 0 Å². The van der Waals surface area contributed by atoms with Gasteiger partial charge in [-0.15, -0.1) is 0 Å². The van der Waals surface area contributed by atoms with Gasteiger partial charge >= 0.3 is 18.9 Å². The monoisotopic (exact) mass is 358 g/mol. The Bertz CT molecular complexity index is 725. The van der Waals surface area contributed by atoms with Gasteiger partial charge in [0.15, 0.2) is 5.52 Å². The summed E-state index contributed by atoms with van der Waals surface area (Å²) < 4.78 is 10.9. The molecule has 0 aliphatic heterocycles. The number of benzene rings is 2. The number of halogens is 1. The first-order valence-electron chi connectivity index (χ1n) is 7.33. The maximum atomic E-state index is 12.6. The predicted molar refractivity (Wildman–Crippen MR) is 98.3 cm³/mol. The van der Waals surface area contributed by atoms with Crippen molar-refractivity contribution in [1.82, 2.24) is 0 Å². The van der Waals surface area contributed by atoms with E-state index < -0.39 is 0 Å². The molecular weight excluding hydrogens is 338 g/mol. The molecule has 2 aromatic rings. The number of carbonyl (C=O) groups is 1. The van der Waals surface area contributed by atoms with Crippen LogP contribution in [0.4, 0.5) is 0 Å². The number of ether oxygens (including phenoxy) is 2. The van der Waals surface area contributed by atoms with Crippen LogP contribution >= 0.6 is 20.2 Å². The van der Waals surface area contributed by atoms with Gasteiger partial charge in [0.25, 0.3) is 0 Å². The van der Waals surface area contributed by atoms with E-state index in [1.54, 1.807) is 18.2 Å². The third kappa shape index (κ3) is 5.26. The molecule has 0 aliphatic rings. The van der Waals surface area contributed by atoms with Gasteiger partial charge in [0.2, 0.25) is 0 Å². The van der Waals surface area contributed by atoms with Gasteiger partial charge in [-0.3, -0.25) is 4.79 Å². The van der Waals surface area contributed by atoms with E-state index in [0.717, 1.165) is 16.6 Å². The van der Waals surface area contributed by atoms with Crippen LogP contribution in [-0.2, 0) is 0 Å². The van der Waals surface area contributed by atoms with Crippen molar-refractivity contribution in [3.05, 3.63) is 52.5 Å². The summed E-state index contributed by atoms with van der Waals surface area (Å²) in [6.45, 7) is 5.95. The minimum Gasteiger partial charge on any atom is -1.00 e. The second-order valence-electron chi connectivity index (χ2n) is 5.41. The van der Waals surface area contributed by atoms with Crippen LogP contribution in [0.15, 0.2) is 36.4 Å². The fraction of sp³-hybridized carbons (Fsp3) is 0.278. The maximum absolute atomic E-state index is 12.6. The Labute approximate surface area is 163 Å². The van der Waals surface area contributed by atoms with Crippen molar-refractivity contribution < 1.29 is 34.6 Å². The summed E-state index contributed by atoms with van der Waals surface area (Å²) in [5.74, 6) is 1.32. The number of aryl methyl sites for hydroxylation is 1. The van der Waals surface area contributed by atoms with Gasteiger partial charge in [-0.05, 0) is 64.5 Å². The molecule has 0 radical (unpaired) electrons. The van der Waals surface area contributed by atoms with Crippen molar-refractivity contribution >= 4 is 31.0 Å². The Kier molecular flexibility index (Phi) is 8.34. The van der Waals surface area contributed by atoms with Crippen LogP contribution in [0, 0.1) is 6.92 Å². The van der Waals surface area contributed by atoms with Crippen LogP contribution in [-0.4, -0.2) is 18.7 Å². The summed E-state index contributed by atoms with van der Waals surface area (Å²) in [5, 5.41) is 1.40. The van der Waals surface area contributed by atoms with E-state index in [9.17, 15) is 4.79 Å². The van der Waals surface area contributed by atoms with Crippen LogP contribution in [0.5, 0.6) is 11.5 Å². The topological polar surface area (TPSA) is 35.5 Å². The summed E-state index contributed by atoms with van der Waals surface area (Å²) in [6.07, 6.45) is 0.122. The largest absolute Gasteiger partial charge is 1.00 e. The van der Waals surface area contributed by atoms with Crippen LogP contribution in [0.2, 0.25) is 5.02 Å². The van der Waals surface area contributed by atoms with Crippen molar-refractivity contribution in [2.75, 3.05) is 7.11 Å². The molecule has 2 aromatic carbocycles. The molecule has 24 heavy (non-hydrogen) atoms. The van der Waals surface area contributed by atoms with E-state index in [0.29, 0.717) is 16.3 Å². The Morgan fingerprint density at radius 3 is 2.54 bits per heavy atom. The zero-order chi connectivity index (χ0) is 17.0. The maximum Gasteiger partial charge on any atom is 1.00 e. The van der Waals surface area contributed by atoms with Gasteiger partial charge in [-0.2, -0.15) is 0 Å². The molecule has 124 valence electrons. The van der Waals surface area contributed by atoms with E-state index in [1.165, 1.54) is 7.11 Å². The first-order chi connectivity index (χ1) is 10.9. The molecule has 0 saturated carbocycles.